The zero-order valence-corrected chi connectivity index (χ0v) is 25.6. The average Bonchev–Trinajstić information content (AvgIpc) is 3.43. The van der Waals surface area contributed by atoms with Gasteiger partial charge in [-0.1, -0.05) is 158 Å². The van der Waals surface area contributed by atoms with E-state index in [1.54, 1.807) is 0 Å². The van der Waals surface area contributed by atoms with E-state index in [-0.39, 0.29) is 0 Å². The third-order valence-corrected chi connectivity index (χ3v) is 12.0. The summed E-state index contributed by atoms with van der Waals surface area (Å²) in [5, 5.41) is 4.19. The molecule has 9 rings (SSSR count). The maximum atomic E-state index is 2.49. The molecule has 1 aliphatic carbocycles. The second-order valence-corrected chi connectivity index (χ2v) is 13.8. The van der Waals surface area contributed by atoms with Gasteiger partial charge in [0.2, 0.25) is 0 Å². The fourth-order valence-corrected chi connectivity index (χ4v) is 10.5. The van der Waals surface area contributed by atoms with Gasteiger partial charge in [0.25, 0.3) is 0 Å². The van der Waals surface area contributed by atoms with E-state index in [9.17, 15) is 0 Å². The minimum absolute atomic E-state index is 0.435. The molecule has 0 bridgehead atoms. The third-order valence-electron chi connectivity index (χ3n) is 9.43. The Kier molecular flexibility index (Phi) is 6.08. The van der Waals surface area contributed by atoms with Gasteiger partial charge in [0.1, 0.15) is 0 Å². The van der Waals surface area contributed by atoms with Gasteiger partial charge in [-0.15, -0.1) is 0 Å². The molecule has 0 aromatic heterocycles. The van der Waals surface area contributed by atoms with Gasteiger partial charge in [-0.25, -0.2) is 0 Å². The Hall–Kier alpha value is -5.23. The minimum atomic E-state index is -0.864. The Morgan fingerprint density at radius 3 is 1.67 bits per heavy atom. The van der Waals surface area contributed by atoms with Crippen molar-refractivity contribution in [3.8, 4) is 11.1 Å². The van der Waals surface area contributed by atoms with Crippen molar-refractivity contribution in [2.45, 2.75) is 5.41 Å². The summed E-state index contributed by atoms with van der Waals surface area (Å²) in [6.45, 7) is 0. The van der Waals surface area contributed by atoms with Crippen molar-refractivity contribution in [2.75, 3.05) is 4.90 Å². The van der Waals surface area contributed by atoms with E-state index in [4.69, 9.17) is 0 Å². The molecule has 0 N–H and O–H groups in total. The second-order valence-electron chi connectivity index (χ2n) is 11.7. The number of hydrogen-bond acceptors (Lipinski definition) is 1. The van der Waals surface area contributed by atoms with Crippen LogP contribution in [0.2, 0.25) is 0 Å². The first-order valence-corrected chi connectivity index (χ1v) is 16.9. The van der Waals surface area contributed by atoms with Crippen LogP contribution in [0.4, 0.5) is 17.1 Å². The SMILES string of the molecule is c1ccc(N2c3ccccc3P(c3ccccc3)c3c2ccc2c3-c3ccccc3C2(c2ccccc2)c2ccccc2)cc1. The summed E-state index contributed by atoms with van der Waals surface area (Å²) < 4.78 is 0. The summed E-state index contributed by atoms with van der Waals surface area (Å²) >= 11 is 0. The molecule has 0 saturated heterocycles. The molecule has 1 unspecified atom stereocenters. The van der Waals surface area contributed by atoms with Crippen molar-refractivity contribution >= 4 is 40.9 Å². The van der Waals surface area contributed by atoms with Crippen LogP contribution in [-0.2, 0) is 5.41 Å². The first-order valence-electron chi connectivity index (χ1n) is 15.5. The molecule has 212 valence electrons. The molecule has 0 amide bonds. The molecule has 0 radical (unpaired) electrons. The van der Waals surface area contributed by atoms with Crippen LogP contribution in [0.1, 0.15) is 22.3 Å². The maximum absolute atomic E-state index is 2.49. The zero-order valence-electron chi connectivity index (χ0n) is 24.7. The number of para-hydroxylation sites is 2. The third kappa shape index (κ3) is 3.78. The molecule has 7 aromatic rings. The molecule has 2 heteroatoms. The quantitative estimate of drug-likeness (QED) is 0.184. The van der Waals surface area contributed by atoms with E-state index >= 15 is 0 Å². The molecule has 0 spiro atoms. The Labute approximate surface area is 265 Å². The lowest BCUT2D eigenvalue weighted by Crippen LogP contribution is -2.36. The molecule has 0 saturated carbocycles. The van der Waals surface area contributed by atoms with Gasteiger partial charge in [-0.05, 0) is 70.9 Å². The van der Waals surface area contributed by atoms with Gasteiger partial charge in [0.15, 0.2) is 0 Å². The van der Waals surface area contributed by atoms with Gasteiger partial charge in [0, 0.05) is 16.3 Å². The largest absolute Gasteiger partial charge is 0.309 e. The van der Waals surface area contributed by atoms with Crippen LogP contribution in [0.25, 0.3) is 11.1 Å². The van der Waals surface area contributed by atoms with Crippen LogP contribution in [0.15, 0.2) is 182 Å². The number of hydrogen-bond donors (Lipinski definition) is 0. The summed E-state index contributed by atoms with van der Waals surface area (Å²) in [6.07, 6.45) is 0. The Bertz CT molecular complexity index is 2120. The summed E-state index contributed by atoms with van der Waals surface area (Å²) in [5.74, 6) is 0. The van der Waals surface area contributed by atoms with Crippen molar-refractivity contribution in [2.24, 2.45) is 0 Å². The number of nitrogens with zero attached hydrogens (tertiary/aromatic N) is 1. The van der Waals surface area contributed by atoms with Gasteiger partial charge in [-0.2, -0.15) is 0 Å². The highest BCUT2D eigenvalue weighted by Crippen LogP contribution is 2.60. The predicted molar refractivity (Wildman–Crippen MR) is 191 cm³/mol. The highest BCUT2D eigenvalue weighted by Gasteiger charge is 2.49. The lowest BCUT2D eigenvalue weighted by Gasteiger charge is -2.40. The number of fused-ring (bicyclic) bond motifs is 6. The summed E-state index contributed by atoms with van der Waals surface area (Å²) in [7, 11) is -0.864. The van der Waals surface area contributed by atoms with E-state index in [0.717, 1.165) is 0 Å². The van der Waals surface area contributed by atoms with E-state index in [1.807, 2.05) is 0 Å². The van der Waals surface area contributed by atoms with Crippen LogP contribution in [0, 0.1) is 0 Å². The van der Waals surface area contributed by atoms with Crippen molar-refractivity contribution in [3.05, 3.63) is 204 Å². The summed E-state index contributed by atoms with van der Waals surface area (Å²) in [4.78, 5) is 2.49. The molecule has 1 nitrogen and oxygen atoms in total. The van der Waals surface area contributed by atoms with E-state index in [2.05, 4.69) is 187 Å². The lowest BCUT2D eigenvalue weighted by atomic mass is 9.68. The van der Waals surface area contributed by atoms with Crippen LogP contribution in [0.3, 0.4) is 0 Å². The fourth-order valence-electron chi connectivity index (χ4n) is 7.70. The first kappa shape index (κ1) is 26.2. The molecule has 1 aliphatic heterocycles. The standard InChI is InChI=1S/C43H30NP/c1-5-17-31(18-6-1)43(32-19-7-2-8-20-32)36-26-14-13-25-35(36)41-37(43)29-30-39-42(41)45(34-23-11-4-12-24-34)40-28-16-15-27-38(40)44(39)33-21-9-3-10-22-33/h1-30H. The zero-order chi connectivity index (χ0) is 29.8. The molecule has 45 heavy (non-hydrogen) atoms. The molecule has 2 aliphatic rings. The first-order chi connectivity index (χ1) is 22.4. The summed E-state index contributed by atoms with van der Waals surface area (Å²) in [6, 6.07) is 67.3. The molecule has 7 aromatic carbocycles. The van der Waals surface area contributed by atoms with Crippen molar-refractivity contribution in [1.29, 1.82) is 0 Å². The Morgan fingerprint density at radius 2 is 0.978 bits per heavy atom. The van der Waals surface area contributed by atoms with Crippen molar-refractivity contribution in [3.63, 3.8) is 0 Å². The number of benzene rings is 7. The normalized spacial score (nSPS) is 15.5. The van der Waals surface area contributed by atoms with Gasteiger partial charge >= 0.3 is 0 Å². The molecular formula is C43H30NP. The van der Waals surface area contributed by atoms with E-state index in [1.165, 1.54) is 66.4 Å². The van der Waals surface area contributed by atoms with Crippen LogP contribution in [0.5, 0.6) is 0 Å². The maximum Gasteiger partial charge on any atom is 0.0713 e. The average molecular weight is 592 g/mol. The van der Waals surface area contributed by atoms with E-state index in [0.29, 0.717) is 0 Å². The Balaban J connectivity index is 1.46. The molecular weight excluding hydrogens is 561 g/mol. The fraction of sp³-hybridized carbons (Fsp3) is 0.0233. The van der Waals surface area contributed by atoms with Gasteiger partial charge < -0.3 is 4.90 Å². The lowest BCUT2D eigenvalue weighted by molar-refractivity contribution is 0.769. The van der Waals surface area contributed by atoms with Crippen molar-refractivity contribution < 1.29 is 0 Å². The van der Waals surface area contributed by atoms with Crippen LogP contribution in [-0.4, -0.2) is 0 Å². The monoisotopic (exact) mass is 591 g/mol. The Morgan fingerprint density at radius 1 is 0.422 bits per heavy atom. The van der Waals surface area contributed by atoms with Gasteiger partial charge in [0.05, 0.1) is 16.8 Å². The molecule has 0 fully saturated rings. The van der Waals surface area contributed by atoms with E-state index < -0.39 is 13.3 Å². The highest BCUT2D eigenvalue weighted by atomic mass is 31.1. The highest BCUT2D eigenvalue weighted by molar-refractivity contribution is 7.80. The summed E-state index contributed by atoms with van der Waals surface area (Å²) in [5.41, 5.74) is 11.3. The van der Waals surface area contributed by atoms with Gasteiger partial charge in [-0.3, -0.25) is 0 Å². The molecule has 1 atom stereocenters. The van der Waals surface area contributed by atoms with Crippen LogP contribution < -0.4 is 20.8 Å². The number of rotatable bonds is 4. The van der Waals surface area contributed by atoms with Crippen molar-refractivity contribution in [1.82, 2.24) is 0 Å². The number of anilines is 3. The topological polar surface area (TPSA) is 3.24 Å². The smallest absolute Gasteiger partial charge is 0.0713 e. The second kappa shape index (κ2) is 10.4. The van der Waals surface area contributed by atoms with Crippen LogP contribution >= 0.6 is 7.92 Å². The minimum Gasteiger partial charge on any atom is -0.309 e. The predicted octanol–water partition coefficient (Wildman–Crippen LogP) is 9.59. The molecule has 1 heterocycles.